The molecule has 0 amide bonds. The van der Waals surface area contributed by atoms with Crippen molar-refractivity contribution in [2.45, 2.75) is 176 Å². The summed E-state index contributed by atoms with van der Waals surface area (Å²) in [5.74, 6) is -0.960. The number of hydrogen-bond donors (Lipinski definition) is 0. The molecule has 0 aliphatic rings. The molecule has 0 heterocycles. The van der Waals surface area contributed by atoms with Crippen LogP contribution in [0.1, 0.15) is 96.9 Å². The smallest absolute Gasteiger partial charge is 0.337 e. The van der Waals surface area contributed by atoms with Crippen LogP contribution in [0.15, 0.2) is 24.3 Å². The average Bonchev–Trinajstić information content (AvgIpc) is 2.97. The van der Waals surface area contributed by atoms with Crippen LogP contribution in [-0.2, 0) is 32.3 Å². The van der Waals surface area contributed by atoms with E-state index in [0.29, 0.717) is 0 Å². The van der Waals surface area contributed by atoms with Crippen molar-refractivity contribution in [1.29, 1.82) is 0 Å². The van der Waals surface area contributed by atoms with E-state index in [-0.39, 0.29) is 52.4 Å². The third-order valence-electron chi connectivity index (χ3n) is 11.6. The fourth-order valence-electron chi connectivity index (χ4n) is 5.64. The van der Waals surface area contributed by atoms with Crippen molar-refractivity contribution in [3.63, 3.8) is 0 Å². The van der Waals surface area contributed by atoms with Gasteiger partial charge in [0, 0.05) is 24.9 Å². The second kappa shape index (κ2) is 19.1. The van der Waals surface area contributed by atoms with Gasteiger partial charge >= 0.3 is 5.97 Å². The van der Waals surface area contributed by atoms with Gasteiger partial charge in [0.1, 0.15) is 12.4 Å². The van der Waals surface area contributed by atoms with Crippen molar-refractivity contribution in [3.05, 3.63) is 24.3 Å². The molecule has 0 bridgehead atoms. The Balaban J connectivity index is 7.58. The quantitative estimate of drug-likeness (QED) is 0.0661. The highest BCUT2D eigenvalue weighted by Crippen LogP contribution is 2.43. The van der Waals surface area contributed by atoms with Gasteiger partial charge in [-0.2, -0.15) is 0 Å². The number of allylic oxidation sites excluding steroid dienone is 1. The molecule has 7 nitrogen and oxygen atoms in total. The topological polar surface area (TPSA) is 80.3 Å². The van der Waals surface area contributed by atoms with Gasteiger partial charge < -0.3 is 22.8 Å². The van der Waals surface area contributed by atoms with Crippen molar-refractivity contribution in [2.24, 2.45) is 17.8 Å². The lowest BCUT2D eigenvalue weighted by Gasteiger charge is -2.47. The van der Waals surface area contributed by atoms with E-state index < -0.39 is 43.1 Å². The summed E-state index contributed by atoms with van der Waals surface area (Å²) in [5.41, 5.74) is 1.03. The molecule has 0 spiro atoms. The van der Waals surface area contributed by atoms with Gasteiger partial charge in [0.15, 0.2) is 31.1 Å². The van der Waals surface area contributed by atoms with Gasteiger partial charge in [-0.15, -0.1) is 0 Å². The minimum Gasteiger partial charge on any atom is -0.460 e. The molecule has 0 aliphatic carbocycles. The van der Waals surface area contributed by atoms with Crippen LogP contribution in [0, 0.1) is 17.8 Å². The molecule has 10 heteroatoms. The van der Waals surface area contributed by atoms with Crippen molar-refractivity contribution in [3.8, 4) is 0 Å². The first-order valence-electron chi connectivity index (χ1n) is 18.2. The summed E-state index contributed by atoms with van der Waals surface area (Å²) in [6, 6.07) is 2.93. The van der Waals surface area contributed by atoms with Gasteiger partial charge in [0.05, 0.1) is 18.3 Å². The van der Waals surface area contributed by atoms with Gasteiger partial charge in [-0.05, 0) is 73.8 Å². The van der Waals surface area contributed by atoms with Gasteiger partial charge in [-0.1, -0.05) is 102 Å². The first kappa shape index (κ1) is 47.1. The van der Waals surface area contributed by atoms with E-state index in [4.69, 9.17) is 22.8 Å². The lowest BCUT2D eigenvalue weighted by Crippen LogP contribution is -2.57. The summed E-state index contributed by atoms with van der Waals surface area (Å²) in [6.07, 6.45) is 1.41. The average molecular weight is 729 g/mol. The largest absolute Gasteiger partial charge is 0.460 e. The number of ether oxygens (including phenoxy) is 2. The monoisotopic (exact) mass is 728 g/mol. The van der Waals surface area contributed by atoms with Crippen LogP contribution in [0.4, 0.5) is 0 Å². The molecule has 0 aromatic heterocycles. The first-order valence-corrected chi connectivity index (χ1v) is 26.6. The number of hydrogen-bond acceptors (Lipinski definition) is 7. The molecule has 0 aromatic rings. The van der Waals surface area contributed by atoms with Gasteiger partial charge in [-0.25, -0.2) is 4.79 Å². The standard InChI is InChI=1S/C38H76O7Si3/c1-21-25-42-36(40)35(44-47(19,20)38(13,14)15)34(41-16)30(8)33(45-48(22-2,23-3)24-4)29(7)32(28(6)26-27(5)31(9)39)43-46(17,18)37(10,11)12/h21,26-27,29-30,32-35H,1,22-25H2,2-20H3/b28-26+/t27-,29+,30+,32-,33-,34-,35+/m0/s1. The number of Topliss-reactive ketones (excluding diaryl/α,β-unsaturated/α-hetero) is 1. The molecular formula is C38H76O7Si3. The normalized spacial score (nSPS) is 18.4. The number of methoxy groups -OCH3 is 1. The maximum absolute atomic E-state index is 13.8. The molecule has 0 saturated carbocycles. The van der Waals surface area contributed by atoms with Crippen LogP contribution < -0.4 is 0 Å². The fourth-order valence-corrected chi connectivity index (χ4v) is 11.3. The number of rotatable bonds is 21. The molecule has 0 saturated heterocycles. The molecule has 0 N–H and O–H groups in total. The summed E-state index contributed by atoms with van der Waals surface area (Å²) in [4.78, 5) is 26.3. The summed E-state index contributed by atoms with van der Waals surface area (Å²) in [5, 5.41) is -0.166. The summed E-state index contributed by atoms with van der Waals surface area (Å²) in [6.45, 7) is 42.6. The molecule has 7 atom stereocenters. The van der Waals surface area contributed by atoms with Gasteiger partial charge in [0.25, 0.3) is 0 Å². The van der Waals surface area contributed by atoms with E-state index >= 15 is 0 Å². The minimum absolute atomic E-state index is 0.0275. The molecule has 48 heavy (non-hydrogen) atoms. The van der Waals surface area contributed by atoms with E-state index in [1.807, 2.05) is 6.92 Å². The molecule has 0 rings (SSSR count). The summed E-state index contributed by atoms with van der Waals surface area (Å²) < 4.78 is 33.6. The fraction of sp³-hybridized carbons (Fsp3) is 0.842. The molecule has 0 aliphatic heterocycles. The predicted octanol–water partition coefficient (Wildman–Crippen LogP) is 10.3. The van der Waals surface area contributed by atoms with E-state index in [0.717, 1.165) is 23.7 Å². The number of carbonyl (C=O) groups excluding carboxylic acids is 2. The van der Waals surface area contributed by atoms with Gasteiger partial charge in [0.2, 0.25) is 0 Å². The van der Waals surface area contributed by atoms with Crippen molar-refractivity contribution < 1.29 is 32.3 Å². The highest BCUT2D eigenvalue weighted by molar-refractivity contribution is 6.75. The molecular weight excluding hydrogens is 653 g/mol. The Morgan fingerprint density at radius 3 is 1.52 bits per heavy atom. The molecule has 0 aromatic carbocycles. The van der Waals surface area contributed by atoms with Crippen LogP contribution >= 0.6 is 0 Å². The van der Waals surface area contributed by atoms with E-state index in [2.05, 4.69) is 122 Å². The number of esters is 1. The second-order valence-corrected chi connectivity index (χ2v) is 31.3. The molecule has 282 valence electrons. The highest BCUT2D eigenvalue weighted by Gasteiger charge is 2.50. The van der Waals surface area contributed by atoms with Crippen LogP contribution in [0.25, 0.3) is 0 Å². The molecule has 0 unspecified atom stereocenters. The molecule has 0 fully saturated rings. The third kappa shape index (κ3) is 12.7. The molecule has 0 radical (unpaired) electrons. The maximum atomic E-state index is 13.8. The zero-order valence-electron chi connectivity index (χ0n) is 34.6. The van der Waals surface area contributed by atoms with E-state index in [1.165, 1.54) is 0 Å². The van der Waals surface area contributed by atoms with Crippen LogP contribution in [0.5, 0.6) is 0 Å². The van der Waals surface area contributed by atoms with E-state index in [1.54, 1.807) is 20.1 Å². The Hall–Kier alpha value is -0.889. The zero-order chi connectivity index (χ0) is 38.1. The zero-order valence-corrected chi connectivity index (χ0v) is 37.6. The SMILES string of the molecule is C=CCOC(=O)[C@H](O[Si](C)(C)C(C)(C)C)[C@@H](OC)[C@H](C)[C@@H](O[Si](CC)(CC)CC)[C@H](C)[C@@H](O[Si](C)(C)C(C)(C)C)/C(C)=C/[C@H](C)C(C)=O. The maximum Gasteiger partial charge on any atom is 0.337 e. The number of carbonyl (C=O) groups is 2. The predicted molar refractivity (Wildman–Crippen MR) is 210 cm³/mol. The highest BCUT2D eigenvalue weighted by atomic mass is 28.4. The van der Waals surface area contributed by atoms with E-state index in [9.17, 15) is 9.59 Å². The Bertz CT molecular complexity index is 1050. The number of ketones is 1. The van der Waals surface area contributed by atoms with Gasteiger partial charge in [-0.3, -0.25) is 4.79 Å². The van der Waals surface area contributed by atoms with Crippen molar-refractivity contribution >= 4 is 36.7 Å². The lowest BCUT2D eigenvalue weighted by atomic mass is 9.82. The van der Waals surface area contributed by atoms with Crippen LogP contribution in [-0.4, -0.2) is 74.8 Å². The van der Waals surface area contributed by atoms with Crippen molar-refractivity contribution in [2.75, 3.05) is 13.7 Å². The Kier molecular flexibility index (Phi) is 18.7. The second-order valence-electron chi connectivity index (χ2n) is 17.1. The van der Waals surface area contributed by atoms with Crippen LogP contribution in [0.3, 0.4) is 0 Å². The minimum atomic E-state index is -2.44. The first-order chi connectivity index (χ1) is 21.7. The third-order valence-corrected chi connectivity index (χ3v) is 25.1. The Morgan fingerprint density at radius 2 is 1.17 bits per heavy atom. The Labute approximate surface area is 299 Å². The summed E-state index contributed by atoms with van der Waals surface area (Å²) >= 11 is 0. The summed E-state index contributed by atoms with van der Waals surface area (Å²) in [7, 11) is -5.26. The van der Waals surface area contributed by atoms with Crippen molar-refractivity contribution in [1.82, 2.24) is 0 Å². The Morgan fingerprint density at radius 1 is 0.729 bits per heavy atom. The van der Waals surface area contributed by atoms with Crippen LogP contribution in [0.2, 0.25) is 54.4 Å². The lowest BCUT2D eigenvalue weighted by molar-refractivity contribution is -0.164.